The molecule has 0 heterocycles. The van der Waals surface area contributed by atoms with Gasteiger partial charge in [0.05, 0.1) is 17.2 Å². The molecule has 1 aliphatic carbocycles. The van der Waals surface area contributed by atoms with Crippen molar-refractivity contribution in [3.05, 3.63) is 59.7 Å². The van der Waals surface area contributed by atoms with E-state index in [0.717, 1.165) is 37.7 Å². The van der Waals surface area contributed by atoms with E-state index >= 15 is 0 Å². The third-order valence-corrected chi connectivity index (χ3v) is 5.01. The summed E-state index contributed by atoms with van der Waals surface area (Å²) < 4.78 is 5.17. The molecule has 2 aromatic carbocycles. The number of amides is 2. The van der Waals surface area contributed by atoms with Crippen LogP contribution in [0.5, 0.6) is 0 Å². The van der Waals surface area contributed by atoms with E-state index in [9.17, 15) is 14.4 Å². The summed E-state index contributed by atoms with van der Waals surface area (Å²) in [6.45, 7) is 1.58. The molecule has 0 spiro atoms. The fourth-order valence-corrected chi connectivity index (χ4v) is 3.49. The van der Waals surface area contributed by atoms with E-state index < -0.39 is 5.91 Å². The molecule has 2 amide bonds. The number of nitrogens with one attached hydrogen (secondary N) is 2. The van der Waals surface area contributed by atoms with Crippen molar-refractivity contribution < 1.29 is 19.1 Å². The van der Waals surface area contributed by atoms with Gasteiger partial charge in [0.2, 0.25) is 0 Å². The number of aryl methyl sites for hydroxylation is 1. The van der Waals surface area contributed by atoms with Gasteiger partial charge in [-0.05, 0) is 49.6 Å². The predicted octanol–water partition coefficient (Wildman–Crippen LogP) is 4.31. The second kappa shape index (κ2) is 9.87. The van der Waals surface area contributed by atoms with Gasteiger partial charge in [-0.2, -0.15) is 0 Å². The Hall–Kier alpha value is -3.15. The number of benzene rings is 2. The lowest BCUT2D eigenvalue weighted by atomic mass is 9.89. The monoisotopic (exact) mass is 394 g/mol. The van der Waals surface area contributed by atoms with Crippen molar-refractivity contribution in [2.75, 3.05) is 17.2 Å². The second-order valence-electron chi connectivity index (χ2n) is 7.36. The highest BCUT2D eigenvalue weighted by atomic mass is 16.5. The molecule has 0 atom stereocenters. The number of carbonyl (C=O) groups is 3. The van der Waals surface area contributed by atoms with Crippen LogP contribution < -0.4 is 10.6 Å². The lowest BCUT2D eigenvalue weighted by molar-refractivity contribution is -0.152. The molecule has 2 N–H and O–H groups in total. The molecule has 0 radical (unpaired) electrons. The lowest BCUT2D eigenvalue weighted by Crippen LogP contribution is -2.26. The van der Waals surface area contributed by atoms with Crippen molar-refractivity contribution in [3.8, 4) is 0 Å². The molecule has 2 aromatic rings. The Bertz CT molecular complexity index is 888. The normalized spacial score (nSPS) is 14.1. The third-order valence-electron chi connectivity index (χ3n) is 5.01. The van der Waals surface area contributed by atoms with Gasteiger partial charge in [0.1, 0.15) is 0 Å². The number of para-hydroxylation sites is 1. The standard InChI is InChI=1S/C23H26N2O4/c1-16-8-7-11-18(14-16)24-22(27)19-12-5-6-13-20(19)25-21(26)15-29-23(28)17-9-3-2-4-10-17/h5-8,11-14,17H,2-4,9-10,15H2,1H3,(H,24,27)(H,25,26). The fraction of sp³-hybridized carbons (Fsp3) is 0.348. The summed E-state index contributed by atoms with van der Waals surface area (Å²) in [7, 11) is 0. The summed E-state index contributed by atoms with van der Waals surface area (Å²) in [5.74, 6) is -1.22. The Morgan fingerprint density at radius 1 is 0.966 bits per heavy atom. The van der Waals surface area contributed by atoms with Crippen molar-refractivity contribution in [1.29, 1.82) is 0 Å². The van der Waals surface area contributed by atoms with Crippen molar-refractivity contribution in [2.24, 2.45) is 5.92 Å². The first kappa shape index (κ1) is 20.6. The van der Waals surface area contributed by atoms with Crippen LogP contribution in [0.3, 0.4) is 0 Å². The maximum Gasteiger partial charge on any atom is 0.309 e. The van der Waals surface area contributed by atoms with Gasteiger partial charge in [-0.25, -0.2) is 0 Å². The van der Waals surface area contributed by atoms with Gasteiger partial charge in [0.15, 0.2) is 6.61 Å². The van der Waals surface area contributed by atoms with Crippen molar-refractivity contribution >= 4 is 29.2 Å². The molecule has 1 aliphatic rings. The summed E-state index contributed by atoms with van der Waals surface area (Å²) in [5, 5.41) is 5.50. The van der Waals surface area contributed by atoms with Gasteiger partial charge >= 0.3 is 5.97 Å². The molecule has 0 aromatic heterocycles. The van der Waals surface area contributed by atoms with Gasteiger partial charge in [-0.15, -0.1) is 0 Å². The number of carbonyl (C=O) groups excluding carboxylic acids is 3. The maximum absolute atomic E-state index is 12.7. The van der Waals surface area contributed by atoms with Crippen LogP contribution in [0.4, 0.5) is 11.4 Å². The summed E-state index contributed by atoms with van der Waals surface area (Å²) in [6.07, 6.45) is 4.83. The molecule has 152 valence electrons. The molecule has 0 saturated heterocycles. The van der Waals surface area contributed by atoms with E-state index in [1.165, 1.54) is 0 Å². The number of hydrogen-bond acceptors (Lipinski definition) is 4. The van der Waals surface area contributed by atoms with Crippen molar-refractivity contribution in [3.63, 3.8) is 0 Å². The highest BCUT2D eigenvalue weighted by Crippen LogP contribution is 2.24. The minimum Gasteiger partial charge on any atom is -0.455 e. The van der Waals surface area contributed by atoms with Crippen LogP contribution in [0.25, 0.3) is 0 Å². The molecule has 1 saturated carbocycles. The largest absolute Gasteiger partial charge is 0.455 e. The number of anilines is 2. The molecule has 3 rings (SSSR count). The molecule has 1 fully saturated rings. The number of hydrogen-bond donors (Lipinski definition) is 2. The van der Waals surface area contributed by atoms with E-state index in [-0.39, 0.29) is 24.4 Å². The predicted molar refractivity (Wildman–Crippen MR) is 112 cm³/mol. The van der Waals surface area contributed by atoms with Gasteiger partial charge in [0.25, 0.3) is 11.8 Å². The van der Waals surface area contributed by atoms with Crippen LogP contribution in [0.1, 0.15) is 48.0 Å². The zero-order chi connectivity index (χ0) is 20.6. The number of esters is 1. The van der Waals surface area contributed by atoms with Crippen LogP contribution in [0.15, 0.2) is 48.5 Å². The molecular formula is C23H26N2O4. The van der Waals surface area contributed by atoms with Crippen LogP contribution in [-0.4, -0.2) is 24.4 Å². The molecular weight excluding hydrogens is 368 g/mol. The fourth-order valence-electron chi connectivity index (χ4n) is 3.49. The van der Waals surface area contributed by atoms with Gasteiger partial charge < -0.3 is 15.4 Å². The molecule has 0 unspecified atom stereocenters. The molecule has 0 bridgehead atoms. The molecule has 6 heteroatoms. The Labute approximate surface area is 170 Å². The van der Waals surface area contributed by atoms with Gasteiger partial charge in [-0.3, -0.25) is 14.4 Å². The SMILES string of the molecule is Cc1cccc(NC(=O)c2ccccc2NC(=O)COC(=O)C2CCCCC2)c1. The summed E-state index contributed by atoms with van der Waals surface area (Å²) >= 11 is 0. The lowest BCUT2D eigenvalue weighted by Gasteiger charge is -2.19. The van der Waals surface area contributed by atoms with Crippen LogP contribution in [-0.2, 0) is 14.3 Å². The smallest absolute Gasteiger partial charge is 0.309 e. The molecule has 29 heavy (non-hydrogen) atoms. The van der Waals surface area contributed by atoms with Crippen molar-refractivity contribution in [1.82, 2.24) is 0 Å². The summed E-state index contributed by atoms with van der Waals surface area (Å²) in [6, 6.07) is 14.2. The Morgan fingerprint density at radius 2 is 1.72 bits per heavy atom. The minimum atomic E-state index is -0.468. The Balaban J connectivity index is 1.58. The van der Waals surface area contributed by atoms with E-state index in [1.807, 2.05) is 25.1 Å². The summed E-state index contributed by atoms with van der Waals surface area (Å²) in [4.78, 5) is 37.0. The average Bonchev–Trinajstić information content (AvgIpc) is 2.73. The Morgan fingerprint density at radius 3 is 2.48 bits per heavy atom. The van der Waals surface area contributed by atoms with E-state index in [2.05, 4.69) is 10.6 Å². The highest BCUT2D eigenvalue weighted by Gasteiger charge is 2.23. The second-order valence-corrected chi connectivity index (χ2v) is 7.36. The minimum absolute atomic E-state index is 0.107. The summed E-state index contributed by atoms with van der Waals surface area (Å²) in [5.41, 5.74) is 2.42. The Kier molecular flexibility index (Phi) is 7.00. The number of rotatable bonds is 6. The van der Waals surface area contributed by atoms with Crippen LogP contribution in [0.2, 0.25) is 0 Å². The van der Waals surface area contributed by atoms with Gasteiger partial charge in [-0.1, -0.05) is 43.5 Å². The maximum atomic E-state index is 12.7. The van der Waals surface area contributed by atoms with E-state index in [4.69, 9.17) is 4.74 Å². The first-order valence-corrected chi connectivity index (χ1v) is 9.96. The third kappa shape index (κ3) is 5.91. The number of ether oxygens (including phenoxy) is 1. The van der Waals surface area contributed by atoms with E-state index in [1.54, 1.807) is 30.3 Å². The topological polar surface area (TPSA) is 84.5 Å². The van der Waals surface area contributed by atoms with Crippen LogP contribution >= 0.6 is 0 Å². The van der Waals surface area contributed by atoms with Gasteiger partial charge in [0, 0.05) is 5.69 Å². The zero-order valence-corrected chi connectivity index (χ0v) is 16.6. The average molecular weight is 394 g/mol. The van der Waals surface area contributed by atoms with Crippen molar-refractivity contribution in [2.45, 2.75) is 39.0 Å². The molecule has 6 nitrogen and oxygen atoms in total. The first-order chi connectivity index (χ1) is 14.0. The molecule has 0 aliphatic heterocycles. The van der Waals surface area contributed by atoms with Crippen LogP contribution in [0, 0.1) is 12.8 Å². The highest BCUT2D eigenvalue weighted by molar-refractivity contribution is 6.10. The zero-order valence-electron chi connectivity index (χ0n) is 16.6. The quantitative estimate of drug-likeness (QED) is 0.715. The first-order valence-electron chi connectivity index (χ1n) is 9.96. The van der Waals surface area contributed by atoms with E-state index in [0.29, 0.717) is 16.9 Å².